The fourth-order valence-electron chi connectivity index (χ4n) is 2.89. The zero-order valence-electron chi connectivity index (χ0n) is 16.3. The van der Waals surface area contributed by atoms with Crippen molar-refractivity contribution >= 4 is 24.2 Å². The van der Waals surface area contributed by atoms with Crippen LogP contribution in [0.5, 0.6) is 0 Å². The van der Waals surface area contributed by atoms with Crippen LogP contribution in [-0.2, 0) is 11.2 Å². The van der Waals surface area contributed by atoms with Crippen molar-refractivity contribution in [3.63, 3.8) is 0 Å². The third kappa shape index (κ3) is 7.71. The number of nitrogens with two attached hydrogens (primary N) is 1. The molecule has 0 bridgehead atoms. The minimum Gasteiger partial charge on any atom is -0.350 e. The lowest BCUT2D eigenvalue weighted by atomic mass is 10.0. The summed E-state index contributed by atoms with van der Waals surface area (Å²) < 4.78 is 0. The third-order valence-corrected chi connectivity index (χ3v) is 4.48. The van der Waals surface area contributed by atoms with Crippen molar-refractivity contribution in [3.8, 4) is 0 Å². The second-order valence-corrected chi connectivity index (χ2v) is 6.67. The summed E-state index contributed by atoms with van der Waals surface area (Å²) in [7, 11) is 0. The van der Waals surface area contributed by atoms with Gasteiger partial charge in [0.1, 0.15) is 6.04 Å². The molecule has 2 unspecified atom stereocenters. The summed E-state index contributed by atoms with van der Waals surface area (Å²) in [6.45, 7) is 2.49. The van der Waals surface area contributed by atoms with Crippen LogP contribution in [0.4, 0.5) is 0 Å². The van der Waals surface area contributed by atoms with Crippen LogP contribution in [0, 0.1) is 0 Å². The monoisotopic (exact) mass is 403 g/mol. The molecule has 2 amide bonds. The maximum Gasteiger partial charge on any atom is 0.251 e. The molecular weight excluding hydrogens is 374 g/mol. The number of amides is 2. The Morgan fingerprint density at radius 3 is 2.14 bits per heavy atom. The third-order valence-electron chi connectivity index (χ3n) is 4.48. The molecule has 0 saturated heterocycles. The van der Waals surface area contributed by atoms with E-state index in [2.05, 4.69) is 17.6 Å². The first-order valence-corrected chi connectivity index (χ1v) is 9.54. The molecule has 152 valence electrons. The van der Waals surface area contributed by atoms with Gasteiger partial charge in [0.25, 0.3) is 5.91 Å². The molecule has 28 heavy (non-hydrogen) atoms. The van der Waals surface area contributed by atoms with Gasteiger partial charge in [-0.25, -0.2) is 0 Å². The van der Waals surface area contributed by atoms with Gasteiger partial charge in [0, 0.05) is 24.6 Å². The van der Waals surface area contributed by atoms with Gasteiger partial charge in [0.15, 0.2) is 0 Å². The fourth-order valence-corrected chi connectivity index (χ4v) is 2.89. The number of hydrogen-bond donors (Lipinski definition) is 3. The predicted octanol–water partition coefficient (Wildman–Crippen LogP) is 3.08. The number of hydrogen-bond acceptors (Lipinski definition) is 3. The number of unbranched alkanes of at least 4 members (excludes halogenated alkanes) is 1. The largest absolute Gasteiger partial charge is 0.350 e. The molecule has 0 aliphatic rings. The van der Waals surface area contributed by atoms with Gasteiger partial charge >= 0.3 is 0 Å². The Bertz CT molecular complexity index is 710. The highest BCUT2D eigenvalue weighted by Gasteiger charge is 2.23. The first-order valence-electron chi connectivity index (χ1n) is 9.54. The minimum atomic E-state index is -0.657. The molecule has 0 saturated carbocycles. The van der Waals surface area contributed by atoms with Gasteiger partial charge in [-0.15, -0.1) is 12.4 Å². The topological polar surface area (TPSA) is 84.2 Å². The normalized spacial score (nSPS) is 12.4. The molecule has 0 spiro atoms. The van der Waals surface area contributed by atoms with Gasteiger partial charge in [-0.2, -0.15) is 0 Å². The molecule has 0 aliphatic carbocycles. The van der Waals surface area contributed by atoms with Crippen LogP contribution in [0.3, 0.4) is 0 Å². The molecular formula is C22H30ClN3O2. The van der Waals surface area contributed by atoms with E-state index in [1.54, 1.807) is 24.3 Å². The SMILES string of the molecule is CCCCC(CN)NC(=O)C(Cc1ccccc1)NC(=O)c1ccccc1.Cl. The zero-order chi connectivity index (χ0) is 19.5. The molecule has 2 aromatic rings. The summed E-state index contributed by atoms with van der Waals surface area (Å²) in [6.07, 6.45) is 3.31. The highest BCUT2D eigenvalue weighted by atomic mass is 35.5. The molecule has 0 radical (unpaired) electrons. The number of halogens is 1. The molecule has 6 heteroatoms. The molecule has 0 aromatic heterocycles. The molecule has 2 rings (SSSR count). The Hall–Kier alpha value is -2.37. The van der Waals surface area contributed by atoms with Crippen molar-refractivity contribution in [3.05, 3.63) is 71.8 Å². The molecule has 0 aliphatic heterocycles. The van der Waals surface area contributed by atoms with E-state index in [1.165, 1.54) is 0 Å². The van der Waals surface area contributed by atoms with Crippen LogP contribution in [0.2, 0.25) is 0 Å². The molecule has 2 aromatic carbocycles. The Labute approximate surface area is 173 Å². The van der Waals surface area contributed by atoms with E-state index in [0.717, 1.165) is 24.8 Å². The number of rotatable bonds is 10. The van der Waals surface area contributed by atoms with Crippen LogP contribution in [0.25, 0.3) is 0 Å². The maximum absolute atomic E-state index is 12.9. The second-order valence-electron chi connectivity index (χ2n) is 6.67. The molecule has 0 fully saturated rings. The van der Waals surface area contributed by atoms with Gasteiger partial charge in [-0.3, -0.25) is 9.59 Å². The van der Waals surface area contributed by atoms with Gasteiger partial charge in [-0.05, 0) is 24.1 Å². The quantitative estimate of drug-likeness (QED) is 0.570. The van der Waals surface area contributed by atoms with Crippen LogP contribution < -0.4 is 16.4 Å². The molecule has 5 nitrogen and oxygen atoms in total. The zero-order valence-corrected chi connectivity index (χ0v) is 17.1. The first kappa shape index (κ1) is 23.7. The lowest BCUT2D eigenvalue weighted by Crippen LogP contribution is -2.52. The summed E-state index contributed by atoms with van der Waals surface area (Å²) in [4.78, 5) is 25.4. The summed E-state index contributed by atoms with van der Waals surface area (Å²) in [5.74, 6) is -0.459. The summed E-state index contributed by atoms with van der Waals surface area (Å²) in [6, 6.07) is 17.9. The fraction of sp³-hybridized carbons (Fsp3) is 0.364. The van der Waals surface area contributed by atoms with Crippen LogP contribution in [0.1, 0.15) is 42.1 Å². The van der Waals surface area contributed by atoms with Crippen LogP contribution in [0.15, 0.2) is 60.7 Å². The standard InChI is InChI=1S/C22H29N3O2.ClH/c1-2-3-14-19(16-23)24-22(27)20(15-17-10-6-4-7-11-17)25-21(26)18-12-8-5-9-13-18;/h4-13,19-20H,2-3,14-16,23H2,1H3,(H,24,27)(H,25,26);1H. The van der Waals surface area contributed by atoms with E-state index in [4.69, 9.17) is 5.73 Å². The lowest BCUT2D eigenvalue weighted by Gasteiger charge is -2.23. The molecule has 0 heterocycles. The van der Waals surface area contributed by atoms with E-state index in [1.807, 2.05) is 36.4 Å². The van der Waals surface area contributed by atoms with E-state index >= 15 is 0 Å². The predicted molar refractivity (Wildman–Crippen MR) is 116 cm³/mol. The molecule has 4 N–H and O–H groups in total. The van der Waals surface area contributed by atoms with Crippen LogP contribution >= 0.6 is 12.4 Å². The van der Waals surface area contributed by atoms with Crippen molar-refractivity contribution in [2.75, 3.05) is 6.54 Å². The Morgan fingerprint density at radius 2 is 1.57 bits per heavy atom. The number of carbonyl (C=O) groups excluding carboxylic acids is 2. The minimum absolute atomic E-state index is 0. The average molecular weight is 404 g/mol. The lowest BCUT2D eigenvalue weighted by molar-refractivity contribution is -0.123. The van der Waals surface area contributed by atoms with Crippen molar-refractivity contribution < 1.29 is 9.59 Å². The van der Waals surface area contributed by atoms with Gasteiger partial charge < -0.3 is 16.4 Å². The van der Waals surface area contributed by atoms with Crippen molar-refractivity contribution in [2.24, 2.45) is 5.73 Å². The van der Waals surface area contributed by atoms with Crippen molar-refractivity contribution in [1.29, 1.82) is 0 Å². The van der Waals surface area contributed by atoms with Gasteiger partial charge in [0.2, 0.25) is 5.91 Å². The van der Waals surface area contributed by atoms with Crippen LogP contribution in [-0.4, -0.2) is 30.4 Å². The Morgan fingerprint density at radius 1 is 0.964 bits per heavy atom. The Kier molecular flexibility index (Phi) is 10.9. The first-order chi connectivity index (χ1) is 13.1. The van der Waals surface area contributed by atoms with Crippen molar-refractivity contribution in [2.45, 2.75) is 44.7 Å². The average Bonchev–Trinajstić information content (AvgIpc) is 2.71. The van der Waals surface area contributed by atoms with E-state index in [-0.39, 0.29) is 30.3 Å². The van der Waals surface area contributed by atoms with Crippen molar-refractivity contribution in [1.82, 2.24) is 10.6 Å². The highest BCUT2D eigenvalue weighted by Crippen LogP contribution is 2.07. The highest BCUT2D eigenvalue weighted by molar-refractivity contribution is 5.97. The van der Waals surface area contributed by atoms with E-state index in [9.17, 15) is 9.59 Å². The number of carbonyl (C=O) groups is 2. The summed E-state index contributed by atoms with van der Waals surface area (Å²) in [5.41, 5.74) is 7.33. The van der Waals surface area contributed by atoms with Gasteiger partial charge in [0.05, 0.1) is 0 Å². The second kappa shape index (κ2) is 12.9. The van der Waals surface area contributed by atoms with E-state index < -0.39 is 6.04 Å². The Balaban J connectivity index is 0.00000392. The summed E-state index contributed by atoms with van der Waals surface area (Å²) in [5, 5.41) is 5.88. The van der Waals surface area contributed by atoms with E-state index in [0.29, 0.717) is 18.5 Å². The summed E-state index contributed by atoms with van der Waals surface area (Å²) >= 11 is 0. The number of benzene rings is 2. The number of nitrogens with one attached hydrogen (secondary N) is 2. The smallest absolute Gasteiger partial charge is 0.251 e. The van der Waals surface area contributed by atoms with Gasteiger partial charge in [-0.1, -0.05) is 68.3 Å². The molecule has 2 atom stereocenters. The maximum atomic E-state index is 12.9.